The molecule has 0 spiro atoms. The normalized spacial score (nSPS) is 18.3. The fourth-order valence-electron chi connectivity index (χ4n) is 3.58. The van der Waals surface area contributed by atoms with Gasteiger partial charge in [-0.1, -0.05) is 25.1 Å². The largest absolute Gasteiger partial charge is 0.386 e. The first-order valence-corrected chi connectivity index (χ1v) is 11.0. The molecule has 0 saturated carbocycles. The average Bonchev–Trinajstić information content (AvgIpc) is 3.18. The predicted molar refractivity (Wildman–Crippen MR) is 135 cm³/mol. The molecule has 1 saturated heterocycles. The summed E-state index contributed by atoms with van der Waals surface area (Å²) >= 11 is 1.64. The van der Waals surface area contributed by atoms with Crippen molar-refractivity contribution in [2.45, 2.75) is 26.0 Å². The molecule has 2 atom stereocenters. The Bertz CT molecular complexity index is 742. The van der Waals surface area contributed by atoms with Crippen LogP contribution in [0, 0.1) is 0 Å². The molecular formula is C21H34IN5OS. The lowest BCUT2D eigenvalue weighted by Gasteiger charge is -2.37. The number of rotatable bonds is 7. The van der Waals surface area contributed by atoms with Crippen molar-refractivity contribution in [2.24, 2.45) is 4.99 Å². The minimum absolute atomic E-state index is 0. The first-order chi connectivity index (χ1) is 13.6. The number of aliphatic imine (C=N–C) groups is 1. The smallest absolute Gasteiger partial charge is 0.191 e. The molecule has 1 aromatic heterocycles. The predicted octanol–water partition coefficient (Wildman–Crippen LogP) is 2.74. The molecule has 3 rings (SSSR count). The van der Waals surface area contributed by atoms with Gasteiger partial charge in [-0.05, 0) is 31.0 Å². The number of nitrogens with one attached hydrogen (secondary N) is 2. The van der Waals surface area contributed by atoms with Crippen LogP contribution in [0.1, 0.15) is 24.8 Å². The molecule has 1 aliphatic heterocycles. The molecule has 162 valence electrons. The Kier molecular flexibility index (Phi) is 10.1. The number of hydrogen-bond acceptors (Lipinski definition) is 5. The van der Waals surface area contributed by atoms with Crippen molar-refractivity contribution < 1.29 is 5.11 Å². The third-order valence-corrected chi connectivity index (χ3v) is 6.72. The van der Waals surface area contributed by atoms with E-state index in [9.17, 15) is 5.11 Å². The van der Waals surface area contributed by atoms with Crippen LogP contribution >= 0.6 is 35.3 Å². The van der Waals surface area contributed by atoms with Gasteiger partial charge in [0, 0.05) is 61.9 Å². The average molecular weight is 532 g/mol. The van der Waals surface area contributed by atoms with Crippen LogP contribution in [-0.4, -0.2) is 79.8 Å². The summed E-state index contributed by atoms with van der Waals surface area (Å²) in [5.74, 6) is 0.735. The van der Waals surface area contributed by atoms with Crippen LogP contribution in [0.2, 0.25) is 0 Å². The molecule has 1 aromatic carbocycles. The van der Waals surface area contributed by atoms with Gasteiger partial charge in [-0.25, -0.2) is 0 Å². The first-order valence-electron chi connectivity index (χ1n) is 10.2. The van der Waals surface area contributed by atoms with Crippen molar-refractivity contribution in [3.05, 3.63) is 35.2 Å². The van der Waals surface area contributed by atoms with Crippen LogP contribution < -0.4 is 10.6 Å². The number of thiophene rings is 1. The Morgan fingerprint density at radius 2 is 1.86 bits per heavy atom. The Hall–Kier alpha value is -0.940. The van der Waals surface area contributed by atoms with E-state index in [0.717, 1.165) is 50.1 Å². The third kappa shape index (κ3) is 6.78. The van der Waals surface area contributed by atoms with Crippen LogP contribution in [0.5, 0.6) is 0 Å². The summed E-state index contributed by atoms with van der Waals surface area (Å²) in [5.41, 5.74) is 0. The number of fused-ring (bicyclic) bond motifs is 1. The van der Waals surface area contributed by atoms with E-state index in [0.29, 0.717) is 12.6 Å². The van der Waals surface area contributed by atoms with Crippen molar-refractivity contribution in [2.75, 3.05) is 52.9 Å². The van der Waals surface area contributed by atoms with E-state index in [1.165, 1.54) is 10.1 Å². The van der Waals surface area contributed by atoms with Crippen LogP contribution in [0.25, 0.3) is 10.1 Å². The summed E-state index contributed by atoms with van der Waals surface area (Å²) in [6.45, 7) is 11.4. The lowest BCUT2D eigenvalue weighted by molar-refractivity contribution is 0.107. The highest BCUT2D eigenvalue weighted by Gasteiger charge is 2.20. The molecule has 29 heavy (non-hydrogen) atoms. The molecule has 6 nitrogen and oxygen atoms in total. The second-order valence-electron chi connectivity index (χ2n) is 7.36. The van der Waals surface area contributed by atoms with Gasteiger partial charge in [-0.3, -0.25) is 9.89 Å². The van der Waals surface area contributed by atoms with Crippen LogP contribution in [-0.2, 0) is 0 Å². The van der Waals surface area contributed by atoms with Crippen LogP contribution in [0.3, 0.4) is 0 Å². The number of aliphatic hydroxyl groups excluding tert-OH is 1. The molecule has 1 fully saturated rings. The van der Waals surface area contributed by atoms with Gasteiger partial charge in [0.2, 0.25) is 0 Å². The number of nitrogens with zero attached hydrogens (tertiary/aromatic N) is 3. The lowest BCUT2D eigenvalue weighted by Crippen LogP contribution is -2.53. The van der Waals surface area contributed by atoms with Crippen molar-refractivity contribution in [3.63, 3.8) is 0 Å². The molecule has 0 bridgehead atoms. The maximum atomic E-state index is 10.5. The number of likely N-dealkylation sites (N-methyl/N-ethyl adjacent to an activating group) is 1. The highest BCUT2D eigenvalue weighted by molar-refractivity contribution is 14.0. The zero-order chi connectivity index (χ0) is 19.9. The maximum absolute atomic E-state index is 10.5. The Balaban J connectivity index is 0.00000300. The molecule has 2 aromatic rings. The van der Waals surface area contributed by atoms with Gasteiger partial charge in [0.25, 0.3) is 0 Å². The fraction of sp³-hybridized carbons (Fsp3) is 0.571. The highest BCUT2D eigenvalue weighted by Crippen LogP contribution is 2.29. The van der Waals surface area contributed by atoms with Gasteiger partial charge in [-0.2, -0.15) is 0 Å². The van der Waals surface area contributed by atoms with E-state index in [2.05, 4.69) is 57.5 Å². The molecule has 3 N–H and O–H groups in total. The van der Waals surface area contributed by atoms with Gasteiger partial charge in [0.05, 0.1) is 0 Å². The van der Waals surface area contributed by atoms with Crippen molar-refractivity contribution in [3.8, 4) is 0 Å². The zero-order valence-electron chi connectivity index (χ0n) is 17.6. The highest BCUT2D eigenvalue weighted by atomic mass is 127. The summed E-state index contributed by atoms with van der Waals surface area (Å²) in [7, 11) is 1.77. The standard InChI is InChI=1S/C21H33N5OS.HI/c1-4-25-9-11-26(12-10-25)16(2)14-23-21(22-3)24-15-18(27)20-13-17-7-5-6-8-19(17)28-20;/h5-8,13,16,18,27H,4,9-12,14-15H2,1-3H3,(H2,22,23,24);1H. The fourth-order valence-corrected chi connectivity index (χ4v) is 4.63. The molecule has 0 amide bonds. The molecule has 8 heteroatoms. The van der Waals surface area contributed by atoms with Crippen molar-refractivity contribution in [1.82, 2.24) is 20.4 Å². The van der Waals surface area contributed by atoms with Gasteiger partial charge < -0.3 is 20.6 Å². The minimum Gasteiger partial charge on any atom is -0.386 e. The second kappa shape index (κ2) is 12.0. The maximum Gasteiger partial charge on any atom is 0.191 e. The first kappa shape index (κ1) is 24.3. The lowest BCUT2D eigenvalue weighted by atomic mass is 10.2. The summed E-state index contributed by atoms with van der Waals surface area (Å²) in [4.78, 5) is 10.3. The quantitative estimate of drug-likeness (QED) is 0.292. The van der Waals surface area contributed by atoms with Crippen LogP contribution in [0.15, 0.2) is 35.3 Å². The van der Waals surface area contributed by atoms with Gasteiger partial charge in [0.15, 0.2) is 5.96 Å². The SMILES string of the molecule is CCN1CCN(C(C)CNC(=NC)NCC(O)c2cc3ccccc3s2)CC1.I. The summed E-state index contributed by atoms with van der Waals surface area (Å²) in [6.07, 6.45) is -0.546. The van der Waals surface area contributed by atoms with E-state index in [1.807, 2.05) is 12.1 Å². The monoisotopic (exact) mass is 531 g/mol. The number of piperazine rings is 1. The summed E-state index contributed by atoms with van der Waals surface area (Å²) in [5, 5.41) is 18.4. The second-order valence-corrected chi connectivity index (χ2v) is 8.47. The Morgan fingerprint density at radius 3 is 2.52 bits per heavy atom. The van der Waals surface area contributed by atoms with Crippen molar-refractivity contribution >= 4 is 51.4 Å². The molecule has 0 radical (unpaired) electrons. The summed E-state index contributed by atoms with van der Waals surface area (Å²) < 4.78 is 1.20. The molecule has 1 aliphatic rings. The number of aliphatic hydroxyl groups is 1. The molecule has 0 aliphatic carbocycles. The molecular weight excluding hydrogens is 497 g/mol. The van der Waals surface area contributed by atoms with E-state index >= 15 is 0 Å². The molecule has 2 heterocycles. The summed E-state index contributed by atoms with van der Waals surface area (Å²) in [6, 6.07) is 10.7. The number of guanidine groups is 1. The molecule has 2 unspecified atom stereocenters. The Morgan fingerprint density at radius 1 is 1.17 bits per heavy atom. The number of halogens is 1. The van der Waals surface area contributed by atoms with Gasteiger partial charge >= 0.3 is 0 Å². The Labute approximate surface area is 195 Å². The topological polar surface area (TPSA) is 63.1 Å². The van der Waals surface area contributed by atoms with Gasteiger partial charge in [0.1, 0.15) is 6.10 Å². The van der Waals surface area contributed by atoms with Gasteiger partial charge in [-0.15, -0.1) is 35.3 Å². The van der Waals surface area contributed by atoms with E-state index in [4.69, 9.17) is 0 Å². The van der Waals surface area contributed by atoms with E-state index < -0.39 is 6.10 Å². The number of hydrogen-bond donors (Lipinski definition) is 3. The van der Waals surface area contributed by atoms with E-state index in [-0.39, 0.29) is 24.0 Å². The van der Waals surface area contributed by atoms with Crippen LogP contribution in [0.4, 0.5) is 0 Å². The number of benzene rings is 1. The van der Waals surface area contributed by atoms with E-state index in [1.54, 1.807) is 18.4 Å². The third-order valence-electron chi connectivity index (χ3n) is 5.50. The zero-order valence-corrected chi connectivity index (χ0v) is 20.7. The van der Waals surface area contributed by atoms with Crippen molar-refractivity contribution in [1.29, 1.82) is 0 Å². The minimum atomic E-state index is -0.546.